The Bertz CT molecular complexity index is 899. The number of carbonyl (C=O) groups excluding carboxylic acids is 1. The van der Waals surface area contributed by atoms with Gasteiger partial charge in [-0.2, -0.15) is 0 Å². The Labute approximate surface area is 176 Å². The van der Waals surface area contributed by atoms with Gasteiger partial charge in [-0.15, -0.1) is 0 Å². The molecule has 0 fully saturated rings. The average Bonchev–Trinajstić information content (AvgIpc) is 2.74. The maximum atomic E-state index is 12.9. The number of benzene rings is 3. The summed E-state index contributed by atoms with van der Waals surface area (Å²) in [6, 6.07) is 24.5. The number of carbonyl (C=O) groups is 1. The van der Waals surface area contributed by atoms with Gasteiger partial charge in [0.2, 0.25) is 0 Å². The quantitative estimate of drug-likeness (QED) is 0.385. The van der Waals surface area contributed by atoms with Crippen molar-refractivity contribution < 1.29 is 4.79 Å². The number of nitrogens with one attached hydrogen (secondary N) is 1. The van der Waals surface area contributed by atoms with E-state index in [0.717, 1.165) is 34.1 Å². The van der Waals surface area contributed by atoms with Crippen molar-refractivity contribution >= 4 is 27.4 Å². The minimum atomic E-state index is -0.0843. The smallest absolute Gasteiger partial charge is 0.165 e. The Morgan fingerprint density at radius 1 is 0.821 bits per heavy atom. The molecule has 0 amide bonds. The predicted molar refractivity (Wildman–Crippen MR) is 121 cm³/mol. The first kappa shape index (κ1) is 20.3. The standard InChI is InChI=1S/C25H26BrNO/c1-3-18-5-9-21(10-6-18)25(28)17-24(20-11-13-22(26)14-12-20)27-23-15-7-19(4-2)8-16-23/h5-16,24,27H,3-4,17H2,1-2H3/t24-/m0/s1. The van der Waals surface area contributed by atoms with Crippen molar-refractivity contribution in [2.75, 3.05) is 5.32 Å². The molecule has 2 nitrogen and oxygen atoms in total. The number of hydrogen-bond acceptors (Lipinski definition) is 2. The molecule has 0 radical (unpaired) electrons. The van der Waals surface area contributed by atoms with Gasteiger partial charge in [-0.3, -0.25) is 4.79 Å². The zero-order chi connectivity index (χ0) is 19.9. The van der Waals surface area contributed by atoms with E-state index in [2.05, 4.69) is 71.5 Å². The summed E-state index contributed by atoms with van der Waals surface area (Å²) >= 11 is 3.49. The molecule has 0 aliphatic heterocycles. The molecule has 0 heterocycles. The molecule has 3 aromatic carbocycles. The zero-order valence-corrected chi connectivity index (χ0v) is 18.0. The lowest BCUT2D eigenvalue weighted by Crippen LogP contribution is -2.16. The fourth-order valence-electron chi connectivity index (χ4n) is 3.21. The van der Waals surface area contributed by atoms with E-state index in [-0.39, 0.29) is 11.8 Å². The molecule has 0 aliphatic rings. The summed E-state index contributed by atoms with van der Waals surface area (Å²) in [7, 11) is 0. The minimum absolute atomic E-state index is 0.0843. The van der Waals surface area contributed by atoms with Crippen molar-refractivity contribution in [3.63, 3.8) is 0 Å². The first-order chi connectivity index (χ1) is 13.6. The van der Waals surface area contributed by atoms with Crippen LogP contribution < -0.4 is 5.32 Å². The molecule has 0 saturated heterocycles. The first-order valence-electron chi connectivity index (χ1n) is 9.82. The normalized spacial score (nSPS) is 11.8. The number of anilines is 1. The first-order valence-corrected chi connectivity index (χ1v) is 10.6. The molecule has 0 aromatic heterocycles. The highest BCUT2D eigenvalue weighted by molar-refractivity contribution is 9.10. The van der Waals surface area contributed by atoms with Crippen LogP contribution in [0.2, 0.25) is 0 Å². The molecule has 0 saturated carbocycles. The fraction of sp³-hybridized carbons (Fsp3) is 0.240. The molecule has 0 unspecified atom stereocenters. The van der Waals surface area contributed by atoms with Crippen molar-refractivity contribution in [3.05, 3.63) is 99.5 Å². The number of ketones is 1. The summed E-state index contributed by atoms with van der Waals surface area (Å²) in [5, 5.41) is 3.55. The van der Waals surface area contributed by atoms with Crippen molar-refractivity contribution in [1.29, 1.82) is 0 Å². The lowest BCUT2D eigenvalue weighted by atomic mass is 9.96. The van der Waals surface area contributed by atoms with Crippen LogP contribution in [0.5, 0.6) is 0 Å². The lowest BCUT2D eigenvalue weighted by molar-refractivity contribution is 0.0976. The third-order valence-electron chi connectivity index (χ3n) is 5.05. The molecule has 0 spiro atoms. The van der Waals surface area contributed by atoms with Crippen LogP contribution in [0.4, 0.5) is 5.69 Å². The monoisotopic (exact) mass is 435 g/mol. The van der Waals surface area contributed by atoms with E-state index in [4.69, 9.17) is 0 Å². The van der Waals surface area contributed by atoms with E-state index < -0.39 is 0 Å². The molecule has 1 atom stereocenters. The zero-order valence-electron chi connectivity index (χ0n) is 16.4. The van der Waals surface area contributed by atoms with Crippen LogP contribution in [0.15, 0.2) is 77.3 Å². The third-order valence-corrected chi connectivity index (χ3v) is 5.58. The van der Waals surface area contributed by atoms with E-state index in [0.29, 0.717) is 6.42 Å². The predicted octanol–water partition coefficient (Wildman–Crippen LogP) is 7.00. The van der Waals surface area contributed by atoms with Gasteiger partial charge in [-0.25, -0.2) is 0 Å². The lowest BCUT2D eigenvalue weighted by Gasteiger charge is -2.20. The second kappa shape index (κ2) is 9.70. The van der Waals surface area contributed by atoms with E-state index in [1.807, 2.05) is 36.4 Å². The van der Waals surface area contributed by atoms with Crippen LogP contribution >= 0.6 is 15.9 Å². The van der Waals surface area contributed by atoms with E-state index in [1.54, 1.807) is 0 Å². The number of hydrogen-bond donors (Lipinski definition) is 1. The van der Waals surface area contributed by atoms with Crippen molar-refractivity contribution in [1.82, 2.24) is 0 Å². The third kappa shape index (κ3) is 5.32. The number of aryl methyl sites for hydroxylation is 2. The van der Waals surface area contributed by atoms with E-state index >= 15 is 0 Å². The summed E-state index contributed by atoms with van der Waals surface area (Å²) < 4.78 is 1.03. The summed E-state index contributed by atoms with van der Waals surface area (Å²) in [6.45, 7) is 4.27. The number of halogens is 1. The van der Waals surface area contributed by atoms with Gasteiger partial charge in [0, 0.05) is 22.1 Å². The Hall–Kier alpha value is -2.39. The van der Waals surface area contributed by atoms with E-state index in [1.165, 1.54) is 11.1 Å². The van der Waals surface area contributed by atoms with Gasteiger partial charge in [0.15, 0.2) is 5.78 Å². The second-order valence-electron chi connectivity index (χ2n) is 6.98. The molecule has 3 heteroatoms. The molecule has 0 aliphatic carbocycles. The Kier molecular flexibility index (Phi) is 7.05. The Morgan fingerprint density at radius 2 is 1.36 bits per heavy atom. The van der Waals surface area contributed by atoms with E-state index in [9.17, 15) is 4.79 Å². The SMILES string of the molecule is CCc1ccc(N[C@@H](CC(=O)c2ccc(CC)cc2)c2ccc(Br)cc2)cc1. The van der Waals surface area contributed by atoms with Crippen molar-refractivity contribution in [2.24, 2.45) is 0 Å². The van der Waals surface area contributed by atoms with Gasteiger partial charge in [-0.05, 0) is 53.8 Å². The topological polar surface area (TPSA) is 29.1 Å². The molecular formula is C25H26BrNO. The summed E-state index contributed by atoms with van der Waals surface area (Å²) in [4.78, 5) is 12.9. The largest absolute Gasteiger partial charge is 0.378 e. The molecule has 0 bridgehead atoms. The molecule has 3 rings (SSSR count). The second-order valence-corrected chi connectivity index (χ2v) is 7.89. The van der Waals surface area contributed by atoms with Gasteiger partial charge in [0.05, 0.1) is 6.04 Å². The van der Waals surface area contributed by atoms with Crippen LogP contribution in [-0.2, 0) is 12.8 Å². The highest BCUT2D eigenvalue weighted by atomic mass is 79.9. The molecular weight excluding hydrogens is 410 g/mol. The average molecular weight is 436 g/mol. The highest BCUT2D eigenvalue weighted by Gasteiger charge is 2.17. The van der Waals surface area contributed by atoms with Gasteiger partial charge >= 0.3 is 0 Å². The van der Waals surface area contributed by atoms with Crippen LogP contribution in [-0.4, -0.2) is 5.78 Å². The van der Waals surface area contributed by atoms with Crippen LogP contribution in [0.25, 0.3) is 0 Å². The van der Waals surface area contributed by atoms with Crippen LogP contribution in [0, 0.1) is 0 Å². The molecule has 28 heavy (non-hydrogen) atoms. The number of rotatable bonds is 8. The summed E-state index contributed by atoms with van der Waals surface area (Å²) in [6.07, 6.45) is 2.40. The maximum Gasteiger partial charge on any atom is 0.165 e. The summed E-state index contributed by atoms with van der Waals surface area (Å²) in [5.41, 5.74) is 5.44. The van der Waals surface area contributed by atoms with Crippen molar-refractivity contribution in [2.45, 2.75) is 39.2 Å². The van der Waals surface area contributed by atoms with Crippen LogP contribution in [0.3, 0.4) is 0 Å². The molecule has 144 valence electrons. The Morgan fingerprint density at radius 3 is 1.89 bits per heavy atom. The maximum absolute atomic E-state index is 12.9. The van der Waals surface area contributed by atoms with Gasteiger partial charge < -0.3 is 5.32 Å². The van der Waals surface area contributed by atoms with Crippen molar-refractivity contribution in [3.8, 4) is 0 Å². The van der Waals surface area contributed by atoms with Gasteiger partial charge in [0.1, 0.15) is 0 Å². The highest BCUT2D eigenvalue weighted by Crippen LogP contribution is 2.26. The van der Waals surface area contributed by atoms with Crippen LogP contribution in [0.1, 0.15) is 53.4 Å². The summed E-state index contributed by atoms with van der Waals surface area (Å²) in [5.74, 6) is 0.147. The molecule has 1 N–H and O–H groups in total. The number of Topliss-reactive ketones (excluding diaryl/α,β-unsaturated/α-hetero) is 1. The Balaban J connectivity index is 1.82. The molecule has 3 aromatic rings. The van der Waals surface area contributed by atoms with Gasteiger partial charge in [0.25, 0.3) is 0 Å². The fourth-order valence-corrected chi connectivity index (χ4v) is 3.48. The minimum Gasteiger partial charge on any atom is -0.378 e. The van der Waals surface area contributed by atoms with Gasteiger partial charge in [-0.1, -0.05) is 78.3 Å².